The molecule has 1 aromatic carbocycles. The fraction of sp³-hybridized carbons (Fsp3) is 0.500. The molecule has 0 spiro atoms. The lowest BCUT2D eigenvalue weighted by molar-refractivity contribution is -0.124. The van der Waals surface area contributed by atoms with Crippen LogP contribution in [0.1, 0.15) is 31.9 Å². The maximum Gasteiger partial charge on any atom is 0.234 e. The van der Waals surface area contributed by atoms with Gasteiger partial charge in [0.05, 0.1) is 18.9 Å². The van der Waals surface area contributed by atoms with Crippen molar-refractivity contribution in [3.63, 3.8) is 0 Å². The molecule has 0 saturated carbocycles. The second-order valence-electron chi connectivity index (χ2n) is 7.97. The Morgan fingerprint density at radius 1 is 1.28 bits per heavy atom. The molecule has 2 aromatic rings. The van der Waals surface area contributed by atoms with E-state index in [9.17, 15) is 4.79 Å². The van der Waals surface area contributed by atoms with Crippen LogP contribution >= 0.6 is 0 Å². The fourth-order valence-corrected chi connectivity index (χ4v) is 3.27. The molecule has 5 heteroatoms. The Labute approximate surface area is 150 Å². The van der Waals surface area contributed by atoms with Crippen LogP contribution < -0.4 is 5.32 Å². The molecule has 0 bridgehead atoms. The molecule has 25 heavy (non-hydrogen) atoms. The molecule has 134 valence electrons. The van der Waals surface area contributed by atoms with Gasteiger partial charge in [-0.15, -0.1) is 0 Å². The average Bonchev–Trinajstić information content (AvgIpc) is 3.06. The minimum Gasteiger partial charge on any atom is -0.350 e. The highest BCUT2D eigenvalue weighted by atomic mass is 16.2. The maximum atomic E-state index is 12.6. The van der Waals surface area contributed by atoms with Crippen LogP contribution in [0, 0.1) is 5.41 Å². The van der Waals surface area contributed by atoms with Gasteiger partial charge in [0.25, 0.3) is 0 Å². The lowest BCUT2D eigenvalue weighted by Crippen LogP contribution is -2.49. The minimum absolute atomic E-state index is 0.0194. The molecule has 1 aliphatic heterocycles. The molecule has 3 rings (SSSR count). The van der Waals surface area contributed by atoms with E-state index in [-0.39, 0.29) is 17.4 Å². The topological polar surface area (TPSA) is 50.2 Å². The SMILES string of the molecule is CC(C)(C)C(Cn1ccnc1)NC(=O)CN1CCc2ccccc2C1. The summed E-state index contributed by atoms with van der Waals surface area (Å²) in [5.74, 6) is 0.0967. The molecule has 1 N–H and O–H groups in total. The van der Waals surface area contributed by atoms with E-state index < -0.39 is 0 Å². The number of benzene rings is 1. The Morgan fingerprint density at radius 2 is 2.04 bits per heavy atom. The lowest BCUT2D eigenvalue weighted by Gasteiger charge is -2.33. The van der Waals surface area contributed by atoms with Gasteiger partial charge in [-0.05, 0) is 23.0 Å². The van der Waals surface area contributed by atoms with E-state index in [1.807, 2.05) is 10.8 Å². The van der Waals surface area contributed by atoms with Crippen LogP contribution in [0.25, 0.3) is 0 Å². The van der Waals surface area contributed by atoms with Crippen LogP contribution in [0.15, 0.2) is 43.0 Å². The second-order valence-corrected chi connectivity index (χ2v) is 7.97. The number of nitrogens with one attached hydrogen (secondary N) is 1. The Kier molecular flexibility index (Phi) is 5.23. The number of hydrogen-bond acceptors (Lipinski definition) is 3. The van der Waals surface area contributed by atoms with Crippen molar-refractivity contribution in [2.24, 2.45) is 5.41 Å². The molecule has 1 aliphatic rings. The van der Waals surface area contributed by atoms with E-state index in [0.29, 0.717) is 6.54 Å². The van der Waals surface area contributed by atoms with Crippen molar-refractivity contribution >= 4 is 5.91 Å². The normalized spacial score (nSPS) is 16.3. The highest BCUT2D eigenvalue weighted by molar-refractivity contribution is 5.78. The molecule has 0 aliphatic carbocycles. The molecule has 0 radical (unpaired) electrons. The molecule has 0 saturated heterocycles. The predicted molar refractivity (Wildman–Crippen MR) is 99.0 cm³/mol. The van der Waals surface area contributed by atoms with Gasteiger partial charge in [0, 0.05) is 32.0 Å². The zero-order chi connectivity index (χ0) is 17.9. The molecular formula is C20H28N4O. The third-order valence-electron chi connectivity index (χ3n) is 4.91. The standard InChI is InChI=1S/C20H28N4O/c1-20(2,3)18(13-24-11-9-21-15-24)22-19(25)14-23-10-8-16-6-4-5-7-17(16)12-23/h4-7,9,11,15,18H,8,10,12-14H2,1-3H3,(H,22,25). The number of rotatable bonds is 5. The van der Waals surface area contributed by atoms with Gasteiger partial charge in [-0.3, -0.25) is 9.69 Å². The van der Waals surface area contributed by atoms with Gasteiger partial charge in [-0.1, -0.05) is 45.0 Å². The van der Waals surface area contributed by atoms with Crippen molar-refractivity contribution in [2.75, 3.05) is 13.1 Å². The van der Waals surface area contributed by atoms with Crippen molar-refractivity contribution in [3.8, 4) is 0 Å². The Morgan fingerprint density at radius 3 is 2.72 bits per heavy atom. The predicted octanol–water partition coefficient (Wildman–Crippen LogP) is 2.47. The number of amides is 1. The van der Waals surface area contributed by atoms with Crippen LogP contribution in [0.5, 0.6) is 0 Å². The molecule has 5 nitrogen and oxygen atoms in total. The van der Waals surface area contributed by atoms with Gasteiger partial charge in [0.1, 0.15) is 0 Å². The number of hydrogen-bond donors (Lipinski definition) is 1. The Hall–Kier alpha value is -2.14. The number of carbonyl (C=O) groups excluding carboxylic acids is 1. The fourth-order valence-electron chi connectivity index (χ4n) is 3.27. The van der Waals surface area contributed by atoms with Gasteiger partial charge in [-0.25, -0.2) is 4.98 Å². The van der Waals surface area contributed by atoms with Crippen molar-refractivity contribution in [3.05, 3.63) is 54.1 Å². The summed E-state index contributed by atoms with van der Waals surface area (Å²) in [4.78, 5) is 19.0. The largest absolute Gasteiger partial charge is 0.350 e. The van der Waals surface area contributed by atoms with E-state index in [2.05, 4.69) is 60.2 Å². The van der Waals surface area contributed by atoms with Crippen molar-refractivity contribution in [1.29, 1.82) is 0 Å². The van der Waals surface area contributed by atoms with Gasteiger partial charge in [-0.2, -0.15) is 0 Å². The third-order valence-corrected chi connectivity index (χ3v) is 4.91. The highest BCUT2D eigenvalue weighted by Gasteiger charge is 2.27. The van der Waals surface area contributed by atoms with Gasteiger partial charge >= 0.3 is 0 Å². The number of aromatic nitrogens is 2. The molecule has 2 heterocycles. The van der Waals surface area contributed by atoms with Crippen molar-refractivity contribution in [1.82, 2.24) is 19.8 Å². The van der Waals surface area contributed by atoms with Gasteiger partial charge < -0.3 is 9.88 Å². The van der Waals surface area contributed by atoms with E-state index >= 15 is 0 Å². The minimum atomic E-state index is -0.0194. The number of carbonyl (C=O) groups is 1. The summed E-state index contributed by atoms with van der Waals surface area (Å²) >= 11 is 0. The number of nitrogens with zero attached hydrogens (tertiary/aromatic N) is 3. The summed E-state index contributed by atoms with van der Waals surface area (Å²) in [6, 6.07) is 8.57. The third kappa shape index (κ3) is 4.69. The van der Waals surface area contributed by atoms with Gasteiger partial charge in [0.2, 0.25) is 5.91 Å². The first-order valence-corrected chi connectivity index (χ1v) is 8.96. The van der Waals surface area contributed by atoms with Crippen LogP contribution in [0.3, 0.4) is 0 Å². The van der Waals surface area contributed by atoms with E-state index in [0.717, 1.165) is 26.1 Å². The summed E-state index contributed by atoms with van der Waals surface area (Å²) in [5.41, 5.74) is 2.73. The summed E-state index contributed by atoms with van der Waals surface area (Å²) in [5, 5.41) is 3.24. The zero-order valence-corrected chi connectivity index (χ0v) is 15.4. The maximum absolute atomic E-state index is 12.6. The van der Waals surface area contributed by atoms with Crippen LogP contribution in [-0.2, 0) is 24.3 Å². The molecule has 1 atom stereocenters. The first-order chi connectivity index (χ1) is 11.9. The zero-order valence-electron chi connectivity index (χ0n) is 15.4. The Balaban J connectivity index is 1.58. The monoisotopic (exact) mass is 340 g/mol. The van der Waals surface area contributed by atoms with Crippen LogP contribution in [0.2, 0.25) is 0 Å². The van der Waals surface area contributed by atoms with E-state index in [1.165, 1.54) is 11.1 Å². The summed E-state index contributed by atoms with van der Waals surface area (Å²) in [6.07, 6.45) is 6.52. The highest BCUT2D eigenvalue weighted by Crippen LogP contribution is 2.21. The first kappa shape index (κ1) is 17.7. The Bertz CT molecular complexity index is 703. The van der Waals surface area contributed by atoms with Crippen molar-refractivity contribution < 1.29 is 4.79 Å². The quantitative estimate of drug-likeness (QED) is 0.910. The molecule has 1 amide bonds. The number of fused-ring (bicyclic) bond motifs is 1. The second kappa shape index (κ2) is 7.40. The van der Waals surface area contributed by atoms with E-state index in [4.69, 9.17) is 0 Å². The lowest BCUT2D eigenvalue weighted by atomic mass is 9.86. The molecule has 0 fully saturated rings. The molecular weight excluding hydrogens is 312 g/mol. The van der Waals surface area contributed by atoms with Crippen LogP contribution in [-0.4, -0.2) is 39.5 Å². The first-order valence-electron chi connectivity index (χ1n) is 8.96. The summed E-state index contributed by atoms with van der Waals surface area (Å²) in [7, 11) is 0. The molecule has 1 aromatic heterocycles. The number of imidazole rings is 1. The summed E-state index contributed by atoms with van der Waals surface area (Å²) < 4.78 is 2.02. The molecule has 1 unspecified atom stereocenters. The van der Waals surface area contributed by atoms with Crippen LogP contribution in [0.4, 0.5) is 0 Å². The van der Waals surface area contributed by atoms with Crippen molar-refractivity contribution in [2.45, 2.75) is 46.3 Å². The summed E-state index contributed by atoms with van der Waals surface area (Å²) in [6.45, 7) is 9.45. The van der Waals surface area contributed by atoms with E-state index in [1.54, 1.807) is 12.5 Å². The average molecular weight is 340 g/mol. The smallest absolute Gasteiger partial charge is 0.234 e. The van der Waals surface area contributed by atoms with Gasteiger partial charge in [0.15, 0.2) is 0 Å².